The van der Waals surface area contributed by atoms with Crippen LogP contribution in [0.4, 0.5) is 0 Å². The first kappa shape index (κ1) is 27.6. The Balaban J connectivity index is 1.71. The van der Waals surface area contributed by atoms with E-state index in [0.29, 0.717) is 56.3 Å². The van der Waals surface area contributed by atoms with E-state index in [1.165, 1.54) is 6.42 Å². The van der Waals surface area contributed by atoms with Crippen LogP contribution in [0.1, 0.15) is 49.8 Å². The molecule has 0 aliphatic heterocycles. The minimum Gasteiger partial charge on any atom is -0.493 e. The van der Waals surface area contributed by atoms with E-state index >= 15 is 0 Å². The second-order valence-corrected chi connectivity index (χ2v) is 9.28. The van der Waals surface area contributed by atoms with Crippen LogP contribution < -0.4 is 9.47 Å². The van der Waals surface area contributed by atoms with Crippen molar-refractivity contribution in [1.29, 1.82) is 0 Å². The van der Waals surface area contributed by atoms with Gasteiger partial charge in [0.15, 0.2) is 11.5 Å². The minimum absolute atomic E-state index is 0.0133. The number of nitrogens with zero attached hydrogens (tertiary/aromatic N) is 2. The number of carbonyl (C=O) groups excluding carboxylic acids is 2. The molecule has 0 atom stereocenters. The Kier molecular flexibility index (Phi) is 11.1. The van der Waals surface area contributed by atoms with Gasteiger partial charge in [-0.3, -0.25) is 9.59 Å². The molecule has 1 aliphatic rings. The molecule has 1 aromatic carbocycles. The molecule has 1 aliphatic carbocycles. The molecule has 0 saturated heterocycles. The molecule has 1 fully saturated rings. The monoisotopic (exact) mass is 500 g/mol. The van der Waals surface area contributed by atoms with Crippen molar-refractivity contribution >= 4 is 11.8 Å². The number of hydrogen-bond acceptors (Lipinski definition) is 6. The molecular weight excluding hydrogens is 460 g/mol. The highest BCUT2D eigenvalue weighted by Crippen LogP contribution is 2.28. The standard InChI is InChI=1S/C28H40N2O6/c1-33-17-8-15-30(28(32)23-9-5-4-6-10-23)21-27(31)29(20-24-11-7-18-36-24)16-14-22-12-13-25(34-2)26(19-22)35-3/h7,11-13,18-19,23H,4-6,8-10,14-17,20-21H2,1-3H3. The number of benzene rings is 1. The van der Waals surface area contributed by atoms with Gasteiger partial charge in [0, 0.05) is 32.7 Å². The van der Waals surface area contributed by atoms with Crippen LogP contribution in [0.15, 0.2) is 41.0 Å². The molecule has 3 rings (SSSR count). The van der Waals surface area contributed by atoms with Crippen molar-refractivity contribution in [1.82, 2.24) is 9.80 Å². The number of carbonyl (C=O) groups is 2. The molecule has 1 saturated carbocycles. The minimum atomic E-state index is -0.0894. The van der Waals surface area contributed by atoms with Crippen molar-refractivity contribution in [3.05, 3.63) is 47.9 Å². The second-order valence-electron chi connectivity index (χ2n) is 9.28. The fourth-order valence-corrected chi connectivity index (χ4v) is 4.72. The third-order valence-corrected chi connectivity index (χ3v) is 6.77. The Bertz CT molecular complexity index is 940. The lowest BCUT2D eigenvalue weighted by molar-refractivity contribution is -0.144. The van der Waals surface area contributed by atoms with Gasteiger partial charge in [-0.2, -0.15) is 0 Å². The maximum Gasteiger partial charge on any atom is 0.242 e. The lowest BCUT2D eigenvalue weighted by atomic mass is 9.88. The van der Waals surface area contributed by atoms with Gasteiger partial charge in [-0.25, -0.2) is 0 Å². The number of furan rings is 1. The highest BCUT2D eigenvalue weighted by atomic mass is 16.5. The highest BCUT2D eigenvalue weighted by Gasteiger charge is 2.28. The van der Waals surface area contributed by atoms with E-state index in [9.17, 15) is 9.59 Å². The average Bonchev–Trinajstić information content (AvgIpc) is 3.43. The molecular formula is C28H40N2O6. The zero-order valence-electron chi connectivity index (χ0n) is 21.9. The Labute approximate surface area is 214 Å². The molecule has 2 amide bonds. The number of amides is 2. The third kappa shape index (κ3) is 8.01. The molecule has 8 heteroatoms. The Morgan fingerprint density at radius 1 is 0.972 bits per heavy atom. The molecule has 0 N–H and O–H groups in total. The zero-order chi connectivity index (χ0) is 25.8. The van der Waals surface area contributed by atoms with E-state index in [1.54, 1.807) is 37.4 Å². The van der Waals surface area contributed by atoms with Gasteiger partial charge in [-0.1, -0.05) is 25.3 Å². The molecule has 1 heterocycles. The smallest absolute Gasteiger partial charge is 0.242 e. The summed E-state index contributed by atoms with van der Waals surface area (Å²) in [5.74, 6) is 2.05. The third-order valence-electron chi connectivity index (χ3n) is 6.77. The van der Waals surface area contributed by atoms with Gasteiger partial charge in [-0.15, -0.1) is 0 Å². The fraction of sp³-hybridized carbons (Fsp3) is 0.571. The summed E-state index contributed by atoms with van der Waals surface area (Å²) in [7, 11) is 4.86. The first-order valence-electron chi connectivity index (χ1n) is 12.8. The molecule has 0 radical (unpaired) electrons. The average molecular weight is 501 g/mol. The molecule has 8 nitrogen and oxygen atoms in total. The zero-order valence-corrected chi connectivity index (χ0v) is 21.9. The number of ether oxygens (including phenoxy) is 3. The van der Waals surface area contributed by atoms with Crippen LogP contribution in [0.5, 0.6) is 11.5 Å². The summed E-state index contributed by atoms with van der Waals surface area (Å²) in [4.78, 5) is 30.4. The topological polar surface area (TPSA) is 81.5 Å². The van der Waals surface area contributed by atoms with E-state index in [2.05, 4.69) is 0 Å². The van der Waals surface area contributed by atoms with Crippen molar-refractivity contribution in [3.63, 3.8) is 0 Å². The van der Waals surface area contributed by atoms with Crippen LogP contribution in [0, 0.1) is 5.92 Å². The lowest BCUT2D eigenvalue weighted by Crippen LogP contribution is -2.46. The van der Waals surface area contributed by atoms with Crippen LogP contribution in [-0.4, -0.2) is 69.2 Å². The van der Waals surface area contributed by atoms with E-state index < -0.39 is 0 Å². The number of hydrogen-bond donors (Lipinski definition) is 0. The van der Waals surface area contributed by atoms with E-state index in [-0.39, 0.29) is 24.3 Å². The van der Waals surface area contributed by atoms with Crippen LogP contribution in [0.2, 0.25) is 0 Å². The van der Waals surface area contributed by atoms with Gasteiger partial charge in [0.1, 0.15) is 5.76 Å². The fourth-order valence-electron chi connectivity index (χ4n) is 4.72. The van der Waals surface area contributed by atoms with Crippen LogP contribution in [-0.2, 0) is 27.3 Å². The van der Waals surface area contributed by atoms with Crippen LogP contribution in [0.3, 0.4) is 0 Å². The summed E-state index contributed by atoms with van der Waals surface area (Å²) in [6.45, 7) is 1.96. The Morgan fingerprint density at radius 3 is 2.42 bits per heavy atom. The van der Waals surface area contributed by atoms with Gasteiger partial charge in [0.25, 0.3) is 0 Å². The molecule has 1 aromatic heterocycles. The normalized spacial score (nSPS) is 13.9. The first-order chi connectivity index (χ1) is 17.5. The molecule has 0 bridgehead atoms. The van der Waals surface area contributed by atoms with Crippen molar-refractivity contribution in [2.75, 3.05) is 47.6 Å². The summed E-state index contributed by atoms with van der Waals surface area (Å²) in [5, 5.41) is 0. The second kappa shape index (κ2) is 14.5. The highest BCUT2D eigenvalue weighted by molar-refractivity contribution is 5.86. The maximum absolute atomic E-state index is 13.6. The van der Waals surface area contributed by atoms with Crippen molar-refractivity contribution in [3.8, 4) is 11.5 Å². The molecule has 2 aromatic rings. The maximum atomic E-state index is 13.6. The van der Waals surface area contributed by atoms with Gasteiger partial charge in [0.05, 0.1) is 33.6 Å². The molecule has 36 heavy (non-hydrogen) atoms. The number of methoxy groups -OCH3 is 3. The summed E-state index contributed by atoms with van der Waals surface area (Å²) < 4.78 is 21.5. The Hall–Kier alpha value is -3.00. The predicted octanol–water partition coefficient (Wildman–Crippen LogP) is 4.31. The lowest BCUT2D eigenvalue weighted by Gasteiger charge is -2.31. The first-order valence-corrected chi connectivity index (χ1v) is 12.8. The summed E-state index contributed by atoms with van der Waals surface area (Å²) in [6.07, 6.45) is 8.08. The van der Waals surface area contributed by atoms with E-state index in [1.807, 2.05) is 30.3 Å². The van der Waals surface area contributed by atoms with Crippen LogP contribution >= 0.6 is 0 Å². The van der Waals surface area contributed by atoms with Crippen LogP contribution in [0.25, 0.3) is 0 Å². The van der Waals surface area contributed by atoms with E-state index in [4.69, 9.17) is 18.6 Å². The quantitative estimate of drug-likeness (QED) is 0.360. The van der Waals surface area contributed by atoms with Gasteiger partial charge < -0.3 is 28.4 Å². The molecule has 0 spiro atoms. The van der Waals surface area contributed by atoms with E-state index in [0.717, 1.165) is 31.2 Å². The summed E-state index contributed by atoms with van der Waals surface area (Å²) >= 11 is 0. The van der Waals surface area contributed by atoms with Gasteiger partial charge in [0.2, 0.25) is 11.8 Å². The molecule has 198 valence electrons. The van der Waals surface area contributed by atoms with Crippen molar-refractivity contribution in [2.45, 2.75) is 51.5 Å². The van der Waals surface area contributed by atoms with Gasteiger partial charge >= 0.3 is 0 Å². The van der Waals surface area contributed by atoms with Gasteiger partial charge in [-0.05, 0) is 55.5 Å². The predicted molar refractivity (Wildman–Crippen MR) is 137 cm³/mol. The Morgan fingerprint density at radius 2 is 1.75 bits per heavy atom. The molecule has 0 unspecified atom stereocenters. The van der Waals surface area contributed by atoms with Crippen molar-refractivity contribution in [2.24, 2.45) is 5.92 Å². The SMILES string of the molecule is COCCCN(CC(=O)N(CCc1ccc(OC)c(OC)c1)Cc1ccco1)C(=O)C1CCCCC1. The number of rotatable bonds is 14. The summed E-state index contributed by atoms with van der Waals surface area (Å²) in [5.41, 5.74) is 1.03. The van der Waals surface area contributed by atoms with Crippen molar-refractivity contribution < 1.29 is 28.2 Å². The summed E-state index contributed by atoms with van der Waals surface area (Å²) in [6, 6.07) is 9.45. The largest absolute Gasteiger partial charge is 0.493 e.